The van der Waals surface area contributed by atoms with Gasteiger partial charge in [-0.3, -0.25) is 0 Å². The van der Waals surface area contributed by atoms with Gasteiger partial charge in [-0.25, -0.2) is 4.79 Å². The van der Waals surface area contributed by atoms with E-state index in [0.29, 0.717) is 11.5 Å². The molecule has 122 valence electrons. The minimum Gasteiger partial charge on any atom is -0.454 e. The smallest absolute Gasteiger partial charge is 0.390 e. The molecule has 0 aliphatic carbocycles. The van der Waals surface area contributed by atoms with Crippen molar-refractivity contribution in [2.24, 2.45) is 0 Å². The van der Waals surface area contributed by atoms with Crippen LogP contribution in [-0.2, 0) is 6.54 Å². The molecule has 0 spiro atoms. The Morgan fingerprint density at radius 2 is 2.14 bits per heavy atom. The fourth-order valence-corrected chi connectivity index (χ4v) is 2.08. The van der Waals surface area contributed by atoms with E-state index in [1.807, 2.05) is 0 Å². The Morgan fingerprint density at radius 3 is 2.82 bits per heavy atom. The number of alkyl halides is 3. The summed E-state index contributed by atoms with van der Waals surface area (Å²) in [4.78, 5) is 13.1. The second-order valence-electron chi connectivity index (χ2n) is 4.75. The summed E-state index contributed by atoms with van der Waals surface area (Å²) < 4.78 is 47.2. The van der Waals surface area contributed by atoms with Crippen LogP contribution in [0.5, 0.6) is 11.5 Å². The first kappa shape index (κ1) is 16.3. The topological polar surface area (TPSA) is 50.8 Å². The van der Waals surface area contributed by atoms with Gasteiger partial charge in [0.2, 0.25) is 6.79 Å². The highest BCUT2D eigenvalue weighted by atomic mass is 19.4. The van der Waals surface area contributed by atoms with Crippen molar-refractivity contribution in [1.82, 2.24) is 10.2 Å². The molecule has 1 aliphatic rings. The zero-order valence-corrected chi connectivity index (χ0v) is 12.1. The van der Waals surface area contributed by atoms with Gasteiger partial charge in [0.05, 0.1) is 6.42 Å². The number of para-hydroxylation sites is 1. The minimum absolute atomic E-state index is 0.118. The second-order valence-corrected chi connectivity index (χ2v) is 4.75. The number of halogens is 3. The second kappa shape index (κ2) is 6.76. The zero-order chi connectivity index (χ0) is 16.2. The van der Waals surface area contributed by atoms with Gasteiger partial charge in [0.15, 0.2) is 11.5 Å². The van der Waals surface area contributed by atoms with Crippen LogP contribution in [0.4, 0.5) is 18.0 Å². The van der Waals surface area contributed by atoms with Crippen molar-refractivity contribution in [3.63, 3.8) is 0 Å². The van der Waals surface area contributed by atoms with E-state index >= 15 is 0 Å². The summed E-state index contributed by atoms with van der Waals surface area (Å²) in [6.07, 6.45) is -5.30. The third-order valence-electron chi connectivity index (χ3n) is 3.24. The van der Waals surface area contributed by atoms with E-state index in [9.17, 15) is 18.0 Å². The molecule has 0 atom stereocenters. The molecule has 22 heavy (non-hydrogen) atoms. The fraction of sp³-hybridized carbons (Fsp3) is 0.500. The lowest BCUT2D eigenvalue weighted by Gasteiger charge is -2.22. The third kappa shape index (κ3) is 4.19. The average molecular weight is 318 g/mol. The summed E-state index contributed by atoms with van der Waals surface area (Å²) in [7, 11) is 0. The standard InChI is InChI=1S/C14H17F3N2O3/c1-2-19(7-6-14(15,16)17)13(20)18-8-10-4-3-5-11-12(10)22-9-21-11/h3-5H,2,6-9H2,1H3,(H,18,20). The Labute approximate surface area is 126 Å². The maximum Gasteiger partial charge on any atom is 0.390 e. The molecule has 1 aromatic rings. The number of rotatable bonds is 5. The molecule has 2 rings (SSSR count). The van der Waals surface area contributed by atoms with Gasteiger partial charge >= 0.3 is 12.2 Å². The van der Waals surface area contributed by atoms with Crippen LogP contribution in [-0.4, -0.2) is 37.0 Å². The quantitative estimate of drug-likeness (QED) is 0.908. The van der Waals surface area contributed by atoms with Crippen molar-refractivity contribution < 1.29 is 27.4 Å². The molecule has 8 heteroatoms. The summed E-state index contributed by atoms with van der Waals surface area (Å²) in [5, 5.41) is 2.60. The minimum atomic E-state index is -4.28. The number of ether oxygens (including phenoxy) is 2. The van der Waals surface area contributed by atoms with Crippen molar-refractivity contribution in [1.29, 1.82) is 0 Å². The number of nitrogens with one attached hydrogen (secondary N) is 1. The third-order valence-corrected chi connectivity index (χ3v) is 3.24. The molecular weight excluding hydrogens is 301 g/mol. The predicted molar refractivity (Wildman–Crippen MR) is 72.7 cm³/mol. The lowest BCUT2D eigenvalue weighted by Crippen LogP contribution is -2.41. The number of urea groups is 1. The first-order valence-corrected chi connectivity index (χ1v) is 6.87. The fourth-order valence-electron chi connectivity index (χ4n) is 2.08. The Kier molecular flexibility index (Phi) is 4.99. The Morgan fingerprint density at radius 1 is 1.36 bits per heavy atom. The zero-order valence-electron chi connectivity index (χ0n) is 12.1. The predicted octanol–water partition coefficient (Wildman–Crippen LogP) is 2.90. The largest absolute Gasteiger partial charge is 0.454 e. The van der Waals surface area contributed by atoms with Crippen molar-refractivity contribution in [2.75, 3.05) is 19.9 Å². The summed E-state index contributed by atoms with van der Waals surface area (Å²) in [5.74, 6) is 1.15. The van der Waals surface area contributed by atoms with Gasteiger partial charge in [-0.2, -0.15) is 13.2 Å². The number of amides is 2. The van der Waals surface area contributed by atoms with Crippen molar-refractivity contribution in [2.45, 2.75) is 26.1 Å². The summed E-state index contributed by atoms with van der Waals surface area (Å²) in [6, 6.07) is 4.73. The Hall–Kier alpha value is -2.12. The molecule has 0 bridgehead atoms. The van der Waals surface area contributed by atoms with Gasteiger partial charge in [0, 0.05) is 25.2 Å². The molecule has 0 saturated heterocycles. The van der Waals surface area contributed by atoms with Crippen LogP contribution in [0.15, 0.2) is 18.2 Å². The number of carbonyl (C=O) groups excluding carboxylic acids is 1. The molecule has 1 aromatic carbocycles. The number of hydrogen-bond acceptors (Lipinski definition) is 3. The molecule has 0 radical (unpaired) electrons. The monoisotopic (exact) mass is 318 g/mol. The van der Waals surface area contributed by atoms with Crippen molar-refractivity contribution in [3.05, 3.63) is 23.8 Å². The van der Waals surface area contributed by atoms with Crippen LogP contribution in [0, 0.1) is 0 Å². The number of fused-ring (bicyclic) bond motifs is 1. The number of carbonyl (C=O) groups is 1. The van der Waals surface area contributed by atoms with Crippen LogP contribution >= 0.6 is 0 Å². The summed E-state index contributed by atoms with van der Waals surface area (Å²) >= 11 is 0. The van der Waals surface area contributed by atoms with Gasteiger partial charge in [-0.15, -0.1) is 0 Å². The molecule has 0 fully saturated rings. The maximum absolute atomic E-state index is 12.2. The van der Waals surface area contributed by atoms with Crippen LogP contribution in [0.2, 0.25) is 0 Å². The maximum atomic E-state index is 12.2. The SMILES string of the molecule is CCN(CCC(F)(F)F)C(=O)NCc1cccc2c1OCO2. The van der Waals surface area contributed by atoms with Crippen LogP contribution in [0.3, 0.4) is 0 Å². The summed E-state index contributed by atoms with van der Waals surface area (Å²) in [5.41, 5.74) is 0.718. The number of hydrogen-bond donors (Lipinski definition) is 1. The highest BCUT2D eigenvalue weighted by Crippen LogP contribution is 2.35. The lowest BCUT2D eigenvalue weighted by molar-refractivity contribution is -0.136. The van der Waals surface area contributed by atoms with Gasteiger partial charge < -0.3 is 19.7 Å². The van der Waals surface area contributed by atoms with Crippen molar-refractivity contribution >= 4 is 6.03 Å². The van der Waals surface area contributed by atoms with E-state index in [1.54, 1.807) is 25.1 Å². The lowest BCUT2D eigenvalue weighted by atomic mass is 10.2. The van der Waals surface area contributed by atoms with E-state index in [-0.39, 0.29) is 26.4 Å². The van der Waals surface area contributed by atoms with Crippen LogP contribution in [0.1, 0.15) is 18.9 Å². The Bertz CT molecular complexity index is 535. The molecule has 0 aromatic heterocycles. The van der Waals surface area contributed by atoms with Gasteiger partial charge in [0.25, 0.3) is 0 Å². The highest BCUT2D eigenvalue weighted by molar-refractivity contribution is 5.74. The Balaban J connectivity index is 1.90. The molecular formula is C14H17F3N2O3. The average Bonchev–Trinajstić information content (AvgIpc) is 2.93. The van der Waals surface area contributed by atoms with E-state index in [0.717, 1.165) is 10.5 Å². The number of benzene rings is 1. The van der Waals surface area contributed by atoms with Crippen molar-refractivity contribution in [3.8, 4) is 11.5 Å². The van der Waals surface area contributed by atoms with E-state index in [4.69, 9.17) is 9.47 Å². The molecule has 0 saturated carbocycles. The van der Waals surface area contributed by atoms with Gasteiger partial charge in [-0.05, 0) is 13.0 Å². The normalized spacial score (nSPS) is 13.1. The molecule has 1 aliphatic heterocycles. The first-order valence-electron chi connectivity index (χ1n) is 6.87. The number of nitrogens with zero attached hydrogens (tertiary/aromatic N) is 1. The van der Waals surface area contributed by atoms with E-state index in [2.05, 4.69) is 5.32 Å². The van der Waals surface area contributed by atoms with Crippen LogP contribution in [0.25, 0.3) is 0 Å². The molecule has 1 heterocycles. The van der Waals surface area contributed by atoms with E-state index < -0.39 is 18.6 Å². The molecule has 2 amide bonds. The van der Waals surface area contributed by atoms with Gasteiger partial charge in [0.1, 0.15) is 0 Å². The highest BCUT2D eigenvalue weighted by Gasteiger charge is 2.28. The molecule has 5 nitrogen and oxygen atoms in total. The molecule has 1 N–H and O–H groups in total. The molecule has 0 unspecified atom stereocenters. The van der Waals surface area contributed by atoms with Crippen LogP contribution < -0.4 is 14.8 Å². The van der Waals surface area contributed by atoms with Gasteiger partial charge in [-0.1, -0.05) is 12.1 Å². The van der Waals surface area contributed by atoms with E-state index in [1.165, 1.54) is 0 Å². The first-order chi connectivity index (χ1) is 10.4. The summed E-state index contributed by atoms with van der Waals surface area (Å²) in [6.45, 7) is 1.75.